The van der Waals surface area contributed by atoms with E-state index in [0.717, 1.165) is 36.3 Å². The third kappa shape index (κ3) is 2.64. The van der Waals surface area contributed by atoms with E-state index >= 15 is 0 Å². The summed E-state index contributed by atoms with van der Waals surface area (Å²) in [5.41, 5.74) is 8.65. The van der Waals surface area contributed by atoms with Crippen molar-refractivity contribution in [3.05, 3.63) is 24.1 Å². The van der Waals surface area contributed by atoms with Gasteiger partial charge in [-0.2, -0.15) is 0 Å². The molecule has 0 amide bonds. The Kier molecular flexibility index (Phi) is 3.87. The highest BCUT2D eigenvalue weighted by Crippen LogP contribution is 2.22. The highest BCUT2D eigenvalue weighted by Gasteiger charge is 2.10. The normalized spacial score (nSPS) is 12.9. The minimum Gasteiger partial charge on any atom is -0.441 e. The number of anilines is 1. The van der Waals surface area contributed by atoms with Gasteiger partial charge in [0, 0.05) is 32.3 Å². The van der Waals surface area contributed by atoms with E-state index in [-0.39, 0.29) is 0 Å². The van der Waals surface area contributed by atoms with Crippen molar-refractivity contribution in [3.63, 3.8) is 0 Å². The number of fused-ring (bicyclic) bond motifs is 1. The Morgan fingerprint density at radius 2 is 2.22 bits per heavy atom. The zero-order valence-electron chi connectivity index (χ0n) is 11.3. The Balaban J connectivity index is 2.19. The summed E-state index contributed by atoms with van der Waals surface area (Å²) in [7, 11) is 2.09. The van der Waals surface area contributed by atoms with Gasteiger partial charge in [-0.25, -0.2) is 4.98 Å². The molecule has 1 aromatic heterocycles. The second kappa shape index (κ2) is 5.40. The van der Waals surface area contributed by atoms with Crippen LogP contribution < -0.4 is 10.6 Å². The molecule has 1 unspecified atom stereocenters. The average Bonchev–Trinajstić information content (AvgIpc) is 2.74. The fourth-order valence-electron chi connectivity index (χ4n) is 2.13. The van der Waals surface area contributed by atoms with Crippen LogP contribution in [-0.2, 0) is 0 Å². The molecule has 4 heteroatoms. The molecule has 1 atom stereocenters. The first-order valence-corrected chi connectivity index (χ1v) is 6.42. The Morgan fingerprint density at radius 3 is 2.89 bits per heavy atom. The molecule has 18 heavy (non-hydrogen) atoms. The van der Waals surface area contributed by atoms with E-state index < -0.39 is 0 Å². The highest BCUT2D eigenvalue weighted by molar-refractivity contribution is 5.77. The van der Waals surface area contributed by atoms with E-state index in [4.69, 9.17) is 10.2 Å². The van der Waals surface area contributed by atoms with Crippen molar-refractivity contribution in [1.29, 1.82) is 0 Å². The van der Waals surface area contributed by atoms with Crippen molar-refractivity contribution in [2.75, 3.05) is 25.0 Å². The molecule has 2 aromatic rings. The van der Waals surface area contributed by atoms with Crippen LogP contribution in [0, 0.1) is 12.8 Å². The molecule has 0 aliphatic heterocycles. The number of benzene rings is 1. The molecule has 0 aliphatic rings. The van der Waals surface area contributed by atoms with Crippen LogP contribution in [0.2, 0.25) is 0 Å². The minimum atomic E-state index is 0.530. The molecule has 1 heterocycles. The van der Waals surface area contributed by atoms with Gasteiger partial charge in [0.2, 0.25) is 0 Å². The number of aromatic nitrogens is 1. The number of hydrogen-bond donors (Lipinski definition) is 1. The second-order valence-corrected chi connectivity index (χ2v) is 4.78. The van der Waals surface area contributed by atoms with Crippen LogP contribution in [0.5, 0.6) is 0 Å². The van der Waals surface area contributed by atoms with E-state index in [9.17, 15) is 0 Å². The van der Waals surface area contributed by atoms with Crippen LogP contribution in [0.25, 0.3) is 11.1 Å². The molecule has 1 aromatic carbocycles. The summed E-state index contributed by atoms with van der Waals surface area (Å²) in [6.45, 7) is 5.73. The average molecular weight is 247 g/mol. The molecule has 98 valence electrons. The van der Waals surface area contributed by atoms with Gasteiger partial charge in [0.15, 0.2) is 11.5 Å². The van der Waals surface area contributed by atoms with E-state index in [1.54, 1.807) is 0 Å². The largest absolute Gasteiger partial charge is 0.441 e. The van der Waals surface area contributed by atoms with Gasteiger partial charge in [-0.05, 0) is 24.6 Å². The molecule has 2 rings (SSSR count). The number of aryl methyl sites for hydroxylation is 1. The quantitative estimate of drug-likeness (QED) is 0.882. The van der Waals surface area contributed by atoms with Crippen LogP contribution in [0.3, 0.4) is 0 Å². The summed E-state index contributed by atoms with van der Waals surface area (Å²) < 4.78 is 5.55. The topological polar surface area (TPSA) is 55.3 Å². The summed E-state index contributed by atoms with van der Waals surface area (Å²) >= 11 is 0. The molecule has 0 aliphatic carbocycles. The van der Waals surface area contributed by atoms with E-state index in [0.29, 0.717) is 11.8 Å². The third-order valence-electron chi connectivity index (χ3n) is 3.36. The van der Waals surface area contributed by atoms with Gasteiger partial charge in [-0.1, -0.05) is 13.3 Å². The van der Waals surface area contributed by atoms with Crippen molar-refractivity contribution in [3.8, 4) is 0 Å². The third-order valence-corrected chi connectivity index (χ3v) is 3.36. The summed E-state index contributed by atoms with van der Waals surface area (Å²) in [6, 6.07) is 6.12. The van der Waals surface area contributed by atoms with Gasteiger partial charge in [-0.15, -0.1) is 0 Å². The summed E-state index contributed by atoms with van der Waals surface area (Å²) in [6.07, 6.45) is 1.10. The van der Waals surface area contributed by atoms with Gasteiger partial charge in [0.25, 0.3) is 0 Å². The zero-order chi connectivity index (χ0) is 13.1. The maximum absolute atomic E-state index is 5.75. The standard InChI is InChI=1S/C14H21N3O/c1-4-11(8-15)9-17(3)12-5-6-13-14(7-12)18-10(2)16-13/h5-7,11H,4,8-9,15H2,1-3H3. The Bertz CT molecular complexity index is 517. The molecule has 0 spiro atoms. The first-order valence-electron chi connectivity index (χ1n) is 6.42. The first kappa shape index (κ1) is 12.9. The maximum Gasteiger partial charge on any atom is 0.192 e. The van der Waals surface area contributed by atoms with Gasteiger partial charge < -0.3 is 15.1 Å². The van der Waals surface area contributed by atoms with Crippen LogP contribution in [0.15, 0.2) is 22.6 Å². The lowest BCUT2D eigenvalue weighted by Crippen LogP contribution is -2.29. The molecule has 2 N–H and O–H groups in total. The molecule has 0 radical (unpaired) electrons. The fraction of sp³-hybridized carbons (Fsp3) is 0.500. The van der Waals surface area contributed by atoms with Gasteiger partial charge in [0.05, 0.1) is 0 Å². The fourth-order valence-corrected chi connectivity index (χ4v) is 2.13. The number of hydrogen-bond acceptors (Lipinski definition) is 4. The first-order chi connectivity index (χ1) is 8.63. The van der Waals surface area contributed by atoms with E-state index in [1.807, 2.05) is 19.1 Å². The number of rotatable bonds is 5. The smallest absolute Gasteiger partial charge is 0.192 e. The Labute approximate surface area is 108 Å². The number of oxazole rings is 1. The monoisotopic (exact) mass is 247 g/mol. The lowest BCUT2D eigenvalue weighted by Gasteiger charge is -2.24. The second-order valence-electron chi connectivity index (χ2n) is 4.78. The molecule has 4 nitrogen and oxygen atoms in total. The van der Waals surface area contributed by atoms with Crippen molar-refractivity contribution < 1.29 is 4.42 Å². The SMILES string of the molecule is CCC(CN)CN(C)c1ccc2nc(C)oc2c1. The predicted octanol–water partition coefficient (Wildman–Crippen LogP) is 2.56. The van der Waals surface area contributed by atoms with E-state index in [2.05, 4.69) is 29.9 Å². The van der Waals surface area contributed by atoms with Gasteiger partial charge in [-0.3, -0.25) is 0 Å². The van der Waals surface area contributed by atoms with Crippen molar-refractivity contribution in [1.82, 2.24) is 4.98 Å². The Morgan fingerprint density at radius 1 is 1.44 bits per heavy atom. The summed E-state index contributed by atoms with van der Waals surface area (Å²) in [5.74, 6) is 1.24. The highest BCUT2D eigenvalue weighted by atomic mass is 16.3. The van der Waals surface area contributed by atoms with Gasteiger partial charge >= 0.3 is 0 Å². The van der Waals surface area contributed by atoms with E-state index in [1.165, 1.54) is 0 Å². The van der Waals surface area contributed by atoms with Crippen molar-refractivity contribution >= 4 is 16.8 Å². The number of nitrogens with zero attached hydrogens (tertiary/aromatic N) is 2. The molecule has 0 saturated carbocycles. The van der Waals surface area contributed by atoms with Crippen LogP contribution in [-0.4, -0.2) is 25.1 Å². The van der Waals surface area contributed by atoms with Gasteiger partial charge in [0.1, 0.15) is 5.52 Å². The molecule has 0 saturated heterocycles. The molecular weight excluding hydrogens is 226 g/mol. The Hall–Kier alpha value is -1.55. The van der Waals surface area contributed by atoms with Crippen molar-refractivity contribution in [2.24, 2.45) is 11.7 Å². The summed E-state index contributed by atoms with van der Waals surface area (Å²) in [5, 5.41) is 0. The lowest BCUT2D eigenvalue weighted by atomic mass is 10.1. The van der Waals surface area contributed by atoms with Crippen LogP contribution in [0.4, 0.5) is 5.69 Å². The number of nitrogens with two attached hydrogens (primary N) is 1. The maximum atomic E-state index is 5.75. The van der Waals surface area contributed by atoms with Crippen LogP contribution >= 0.6 is 0 Å². The zero-order valence-corrected chi connectivity index (χ0v) is 11.3. The lowest BCUT2D eigenvalue weighted by molar-refractivity contribution is 0.520. The van der Waals surface area contributed by atoms with Crippen molar-refractivity contribution in [2.45, 2.75) is 20.3 Å². The molecule has 0 fully saturated rings. The van der Waals surface area contributed by atoms with Crippen LogP contribution in [0.1, 0.15) is 19.2 Å². The predicted molar refractivity (Wildman–Crippen MR) is 74.9 cm³/mol. The molecule has 0 bridgehead atoms. The summed E-state index contributed by atoms with van der Waals surface area (Å²) in [4.78, 5) is 6.52. The minimum absolute atomic E-state index is 0.530. The molecular formula is C14H21N3O.